The van der Waals surface area contributed by atoms with Gasteiger partial charge in [0.2, 0.25) is 0 Å². The summed E-state index contributed by atoms with van der Waals surface area (Å²) in [4.78, 5) is 0. The van der Waals surface area contributed by atoms with Crippen molar-refractivity contribution in [3.63, 3.8) is 0 Å². The van der Waals surface area contributed by atoms with E-state index in [1.54, 1.807) is 10.2 Å². The van der Waals surface area contributed by atoms with Gasteiger partial charge in [0.25, 0.3) is 0 Å². The lowest BCUT2D eigenvalue weighted by molar-refractivity contribution is 0.144. The smallest absolute Gasteiger partial charge is 0.119 e. The Balaban J connectivity index is 2.35. The Morgan fingerprint density at radius 3 is 2.69 bits per heavy atom. The normalized spacial score (nSPS) is 13.1. The first-order chi connectivity index (χ1) is 6.33. The lowest BCUT2D eigenvalue weighted by atomic mass is 10.3. The third-order valence-corrected chi connectivity index (χ3v) is 1.87. The molecule has 0 aliphatic heterocycles. The molecule has 3 heteroatoms. The van der Waals surface area contributed by atoms with Gasteiger partial charge in [-0.25, -0.2) is 0 Å². The van der Waals surface area contributed by atoms with Crippen LogP contribution in [-0.2, 0) is 0 Å². The molecule has 0 aliphatic rings. The topological polar surface area (TPSA) is 29.5 Å². The molecule has 1 N–H and O–H groups in total. The summed E-state index contributed by atoms with van der Waals surface area (Å²) in [6.07, 6.45) is 1.15. The molecule has 13 heavy (non-hydrogen) atoms. The summed E-state index contributed by atoms with van der Waals surface area (Å²) in [6, 6.07) is 9.45. The van der Waals surface area contributed by atoms with Gasteiger partial charge in [-0.1, -0.05) is 40.8 Å². The van der Waals surface area contributed by atoms with Crippen LogP contribution in [0.3, 0.4) is 0 Å². The number of halogens is 1. The van der Waals surface area contributed by atoms with Crippen molar-refractivity contribution in [2.75, 3.05) is 6.61 Å². The summed E-state index contributed by atoms with van der Waals surface area (Å²) in [5.41, 5.74) is 0. The summed E-state index contributed by atoms with van der Waals surface area (Å²) in [5, 5.41) is 9.29. The van der Waals surface area contributed by atoms with Gasteiger partial charge in [-0.2, -0.15) is 0 Å². The van der Waals surface area contributed by atoms with Crippen LogP contribution in [0, 0.1) is 0 Å². The lowest BCUT2D eigenvalue weighted by Gasteiger charge is -2.07. The van der Waals surface area contributed by atoms with Crippen LogP contribution in [0.1, 0.15) is 0 Å². The van der Waals surface area contributed by atoms with Gasteiger partial charge in [0.05, 0.1) is 0 Å². The van der Waals surface area contributed by atoms with Crippen molar-refractivity contribution in [2.45, 2.75) is 6.10 Å². The molecule has 0 aromatic heterocycles. The molecule has 1 atom stereocenters. The van der Waals surface area contributed by atoms with Crippen LogP contribution in [-0.4, -0.2) is 17.8 Å². The zero-order chi connectivity index (χ0) is 9.52. The summed E-state index contributed by atoms with van der Waals surface area (Å²) < 4.78 is 7.09. The molecule has 0 amide bonds. The minimum atomic E-state index is -0.530. The number of para-hydroxylation sites is 1. The van der Waals surface area contributed by atoms with Crippen LogP contribution >= 0.6 is 22.6 Å². The monoisotopic (exact) mass is 290 g/mol. The van der Waals surface area contributed by atoms with E-state index in [-0.39, 0.29) is 0 Å². The maximum atomic E-state index is 9.29. The average Bonchev–Trinajstić information content (AvgIpc) is 2.17. The second-order valence-corrected chi connectivity index (χ2v) is 3.23. The zero-order valence-electron chi connectivity index (χ0n) is 7.06. The average molecular weight is 290 g/mol. The van der Waals surface area contributed by atoms with E-state index in [0.29, 0.717) is 6.61 Å². The van der Waals surface area contributed by atoms with Gasteiger partial charge in [0.15, 0.2) is 0 Å². The standard InChI is InChI=1S/C10H11IO2/c11-7-6-9(12)8-13-10-4-2-1-3-5-10/h1-7,9,12H,8H2. The number of hydrogen-bond donors (Lipinski definition) is 1. The predicted molar refractivity (Wildman–Crippen MR) is 61.1 cm³/mol. The Hall–Kier alpha value is -0.550. The van der Waals surface area contributed by atoms with E-state index in [0.717, 1.165) is 5.75 Å². The quantitative estimate of drug-likeness (QED) is 0.863. The number of aliphatic hydroxyl groups excluding tert-OH is 1. The number of aliphatic hydroxyl groups is 1. The van der Waals surface area contributed by atoms with Crippen molar-refractivity contribution in [2.24, 2.45) is 0 Å². The number of rotatable bonds is 4. The number of hydrogen-bond acceptors (Lipinski definition) is 2. The molecule has 0 radical (unpaired) electrons. The molecule has 0 aliphatic carbocycles. The summed E-state index contributed by atoms with van der Waals surface area (Å²) in [5.74, 6) is 0.781. The van der Waals surface area contributed by atoms with Crippen LogP contribution < -0.4 is 4.74 Å². The molecule has 0 heterocycles. The van der Waals surface area contributed by atoms with Crippen LogP contribution in [0.2, 0.25) is 0 Å². The van der Waals surface area contributed by atoms with Gasteiger partial charge in [-0.3, -0.25) is 0 Å². The van der Waals surface area contributed by atoms with E-state index in [1.165, 1.54) is 0 Å². The van der Waals surface area contributed by atoms with Crippen molar-refractivity contribution < 1.29 is 9.84 Å². The van der Waals surface area contributed by atoms with Gasteiger partial charge < -0.3 is 9.84 Å². The highest BCUT2D eigenvalue weighted by Gasteiger charge is 1.98. The highest BCUT2D eigenvalue weighted by atomic mass is 127. The summed E-state index contributed by atoms with van der Waals surface area (Å²) in [6.45, 7) is 0.295. The molecule has 0 saturated carbocycles. The molecular weight excluding hydrogens is 279 g/mol. The SMILES string of the molecule is OC(C=CI)COc1ccccc1. The van der Waals surface area contributed by atoms with Crippen LogP contribution in [0.25, 0.3) is 0 Å². The van der Waals surface area contributed by atoms with E-state index in [1.807, 2.05) is 30.3 Å². The van der Waals surface area contributed by atoms with Crippen molar-refractivity contribution in [3.8, 4) is 5.75 Å². The van der Waals surface area contributed by atoms with Gasteiger partial charge in [-0.15, -0.1) is 0 Å². The molecule has 0 fully saturated rings. The van der Waals surface area contributed by atoms with Gasteiger partial charge >= 0.3 is 0 Å². The second kappa shape index (κ2) is 5.99. The minimum absolute atomic E-state index is 0.295. The Labute approximate surface area is 91.4 Å². The first-order valence-electron chi connectivity index (χ1n) is 3.95. The molecule has 1 aromatic rings. The maximum Gasteiger partial charge on any atom is 0.119 e. The Morgan fingerprint density at radius 1 is 1.38 bits per heavy atom. The van der Waals surface area contributed by atoms with Crippen LogP contribution in [0.5, 0.6) is 5.75 Å². The molecule has 2 nitrogen and oxygen atoms in total. The van der Waals surface area contributed by atoms with Gasteiger partial charge in [0.1, 0.15) is 18.5 Å². The molecule has 0 saturated heterocycles. The molecule has 1 rings (SSSR count). The van der Waals surface area contributed by atoms with Gasteiger partial charge in [0, 0.05) is 0 Å². The highest BCUT2D eigenvalue weighted by Crippen LogP contribution is 2.08. The largest absolute Gasteiger partial charge is 0.491 e. The third-order valence-electron chi connectivity index (χ3n) is 1.46. The second-order valence-electron chi connectivity index (χ2n) is 2.51. The van der Waals surface area contributed by atoms with E-state index in [2.05, 4.69) is 22.6 Å². The van der Waals surface area contributed by atoms with Crippen molar-refractivity contribution in [1.29, 1.82) is 0 Å². The van der Waals surface area contributed by atoms with E-state index < -0.39 is 6.10 Å². The van der Waals surface area contributed by atoms with Gasteiger partial charge in [-0.05, 0) is 22.3 Å². The highest BCUT2D eigenvalue weighted by molar-refractivity contribution is 14.1. The fourth-order valence-corrected chi connectivity index (χ4v) is 1.32. The zero-order valence-corrected chi connectivity index (χ0v) is 9.22. The van der Waals surface area contributed by atoms with Crippen LogP contribution in [0.15, 0.2) is 40.5 Å². The Bertz CT molecular complexity index is 259. The van der Waals surface area contributed by atoms with E-state index >= 15 is 0 Å². The first kappa shape index (κ1) is 10.5. The predicted octanol–water partition coefficient (Wildman–Crippen LogP) is 2.38. The molecule has 0 spiro atoms. The molecule has 1 aromatic carbocycles. The molecule has 1 unspecified atom stereocenters. The maximum absolute atomic E-state index is 9.29. The van der Waals surface area contributed by atoms with Crippen molar-refractivity contribution >= 4 is 22.6 Å². The fraction of sp³-hybridized carbons (Fsp3) is 0.200. The Morgan fingerprint density at radius 2 is 2.08 bits per heavy atom. The minimum Gasteiger partial charge on any atom is -0.491 e. The summed E-state index contributed by atoms with van der Waals surface area (Å²) >= 11 is 2.06. The molecule has 70 valence electrons. The molecular formula is C10H11IO2. The van der Waals surface area contributed by atoms with Crippen LogP contribution in [0.4, 0.5) is 0 Å². The Kier molecular flexibility index (Phi) is 4.85. The number of ether oxygens (including phenoxy) is 1. The fourth-order valence-electron chi connectivity index (χ4n) is 0.838. The van der Waals surface area contributed by atoms with Crippen molar-refractivity contribution in [3.05, 3.63) is 40.5 Å². The lowest BCUT2D eigenvalue weighted by Crippen LogP contribution is -2.14. The third kappa shape index (κ3) is 4.28. The first-order valence-corrected chi connectivity index (χ1v) is 5.20. The van der Waals surface area contributed by atoms with Crippen molar-refractivity contribution in [1.82, 2.24) is 0 Å². The summed E-state index contributed by atoms with van der Waals surface area (Å²) in [7, 11) is 0. The molecule has 0 bridgehead atoms. The number of benzene rings is 1. The van der Waals surface area contributed by atoms with E-state index in [9.17, 15) is 5.11 Å². The van der Waals surface area contributed by atoms with E-state index in [4.69, 9.17) is 4.74 Å².